The highest BCUT2D eigenvalue weighted by Gasteiger charge is 2.07. The molecule has 2 aromatic rings. The first kappa shape index (κ1) is 24.2. The van der Waals surface area contributed by atoms with Crippen LogP contribution in [-0.4, -0.2) is 38.2 Å². The molecule has 0 amide bonds. The number of halogens is 1. The zero-order chi connectivity index (χ0) is 22.5. The van der Waals surface area contributed by atoms with Gasteiger partial charge >= 0.3 is 0 Å². The molecule has 0 aliphatic carbocycles. The number of benzene rings is 2. The number of allylic oxidation sites excluding steroid dienone is 1. The molecule has 0 saturated heterocycles. The van der Waals surface area contributed by atoms with Crippen LogP contribution in [-0.2, 0) is 6.42 Å². The molecule has 0 aromatic heterocycles. The maximum Gasteiger partial charge on any atom is 0.187 e. The molecule has 2 aromatic carbocycles. The Morgan fingerprint density at radius 3 is 2.52 bits per heavy atom. The minimum atomic E-state index is 0.326. The van der Waals surface area contributed by atoms with Crippen molar-refractivity contribution in [1.82, 2.24) is 10.7 Å². The number of hydrazone groups is 1. The Labute approximate surface area is 193 Å². The van der Waals surface area contributed by atoms with Crippen LogP contribution < -0.4 is 25.0 Å². The Morgan fingerprint density at radius 1 is 1.06 bits per heavy atom. The van der Waals surface area contributed by atoms with Gasteiger partial charge in [0.05, 0.1) is 13.3 Å². The van der Waals surface area contributed by atoms with Gasteiger partial charge in [-0.2, -0.15) is 5.10 Å². The Hall–Kier alpha value is -3.03. The predicted octanol–water partition coefficient (Wildman–Crippen LogP) is 4.52. The molecule has 31 heavy (non-hydrogen) atoms. The molecule has 0 fully saturated rings. The minimum Gasteiger partial charge on any atom is -0.493 e. The number of ether oxygens (including phenoxy) is 3. The van der Waals surface area contributed by atoms with Crippen LogP contribution in [0.5, 0.6) is 17.2 Å². The molecule has 0 unspecified atom stereocenters. The number of nitrogens with zero attached hydrogens (tertiary/aromatic N) is 1. The largest absolute Gasteiger partial charge is 0.493 e. The van der Waals surface area contributed by atoms with Crippen molar-refractivity contribution in [3.63, 3.8) is 0 Å². The maximum absolute atomic E-state index is 6.11. The molecule has 8 heteroatoms. The number of rotatable bonds is 12. The Morgan fingerprint density at radius 2 is 1.81 bits per heavy atom. The normalized spacial score (nSPS) is 10.4. The highest BCUT2D eigenvalue weighted by Crippen LogP contribution is 2.28. The molecule has 0 aliphatic rings. The van der Waals surface area contributed by atoms with E-state index in [0.717, 1.165) is 12.0 Å². The van der Waals surface area contributed by atoms with Crippen molar-refractivity contribution in [2.75, 3.05) is 26.9 Å². The molecule has 0 bridgehead atoms. The van der Waals surface area contributed by atoms with Crippen LogP contribution in [0.4, 0.5) is 0 Å². The van der Waals surface area contributed by atoms with Crippen LogP contribution in [0, 0.1) is 0 Å². The molecular weight excluding hydrogens is 434 g/mol. The molecule has 6 nitrogen and oxygen atoms in total. The van der Waals surface area contributed by atoms with Crippen molar-refractivity contribution in [2.24, 2.45) is 5.10 Å². The fourth-order valence-electron chi connectivity index (χ4n) is 2.54. The smallest absolute Gasteiger partial charge is 0.187 e. The van der Waals surface area contributed by atoms with E-state index in [9.17, 15) is 0 Å². The first-order valence-electron chi connectivity index (χ1n) is 9.58. The molecule has 0 aliphatic heterocycles. The third kappa shape index (κ3) is 8.32. The zero-order valence-electron chi connectivity index (χ0n) is 17.4. The van der Waals surface area contributed by atoms with Gasteiger partial charge in [0.1, 0.15) is 19.0 Å². The lowest BCUT2D eigenvalue weighted by molar-refractivity contribution is 0.211. The average Bonchev–Trinajstić information content (AvgIpc) is 2.77. The van der Waals surface area contributed by atoms with Gasteiger partial charge in [-0.1, -0.05) is 29.8 Å². The van der Waals surface area contributed by atoms with E-state index in [4.69, 9.17) is 38.0 Å². The van der Waals surface area contributed by atoms with Crippen LogP contribution in [0.15, 0.2) is 66.8 Å². The molecule has 0 saturated carbocycles. The second kappa shape index (κ2) is 13.3. The van der Waals surface area contributed by atoms with Crippen LogP contribution in [0.2, 0.25) is 5.02 Å². The standard InChI is InChI=1S/C23H26ClN3O3S/c1-4-6-17-7-9-21(22(14-17)28-3)30-13-12-29-20-10-8-19(24)15-18(20)16-26-27-23(31)25-11-5-2/h4-5,7-10,14-16H,1-2,6,11-13H2,3H3,(H2,25,27,31)/b26-16+. The Balaban J connectivity index is 1.93. The van der Waals surface area contributed by atoms with Crippen molar-refractivity contribution < 1.29 is 14.2 Å². The molecule has 0 spiro atoms. The van der Waals surface area contributed by atoms with Gasteiger partial charge in [-0.3, -0.25) is 5.43 Å². The van der Waals surface area contributed by atoms with E-state index in [1.807, 2.05) is 24.3 Å². The highest BCUT2D eigenvalue weighted by molar-refractivity contribution is 7.80. The highest BCUT2D eigenvalue weighted by atomic mass is 35.5. The summed E-state index contributed by atoms with van der Waals surface area (Å²) >= 11 is 11.2. The van der Waals surface area contributed by atoms with Crippen molar-refractivity contribution >= 4 is 35.1 Å². The lowest BCUT2D eigenvalue weighted by atomic mass is 10.1. The number of hydrogen-bond acceptors (Lipinski definition) is 5. The summed E-state index contributed by atoms with van der Waals surface area (Å²) in [5.74, 6) is 1.95. The van der Waals surface area contributed by atoms with Gasteiger partial charge in [-0.25, -0.2) is 0 Å². The van der Waals surface area contributed by atoms with Crippen LogP contribution >= 0.6 is 23.8 Å². The van der Waals surface area contributed by atoms with Crippen molar-refractivity contribution in [3.05, 3.63) is 77.9 Å². The van der Waals surface area contributed by atoms with Crippen molar-refractivity contribution in [1.29, 1.82) is 0 Å². The summed E-state index contributed by atoms with van der Waals surface area (Å²) in [6.07, 6.45) is 5.90. The number of nitrogens with one attached hydrogen (secondary N) is 2. The summed E-state index contributed by atoms with van der Waals surface area (Å²) in [5, 5.41) is 7.99. The quantitative estimate of drug-likeness (QED) is 0.160. The summed E-state index contributed by atoms with van der Waals surface area (Å²) in [7, 11) is 1.61. The number of hydrogen-bond donors (Lipinski definition) is 2. The number of thiocarbonyl (C=S) groups is 1. The van der Waals surface area contributed by atoms with Gasteiger partial charge in [0.25, 0.3) is 0 Å². The van der Waals surface area contributed by atoms with E-state index < -0.39 is 0 Å². The zero-order valence-corrected chi connectivity index (χ0v) is 19.0. The monoisotopic (exact) mass is 459 g/mol. The van der Waals surface area contributed by atoms with E-state index in [0.29, 0.717) is 52.7 Å². The Bertz CT molecular complexity index is 934. The maximum atomic E-state index is 6.11. The predicted molar refractivity (Wildman–Crippen MR) is 131 cm³/mol. The molecular formula is C23H26ClN3O3S. The van der Waals surface area contributed by atoms with E-state index >= 15 is 0 Å². The van der Waals surface area contributed by atoms with Gasteiger partial charge in [-0.05, 0) is 54.5 Å². The summed E-state index contributed by atoms with van der Waals surface area (Å²) in [6.45, 7) is 8.58. The topological polar surface area (TPSA) is 64.1 Å². The fraction of sp³-hybridized carbons (Fsp3) is 0.217. The summed E-state index contributed by atoms with van der Waals surface area (Å²) in [4.78, 5) is 0. The lowest BCUT2D eigenvalue weighted by Gasteiger charge is -2.13. The molecule has 0 atom stereocenters. The lowest BCUT2D eigenvalue weighted by Crippen LogP contribution is -2.31. The molecule has 2 rings (SSSR count). The second-order valence-corrected chi connectivity index (χ2v) is 7.07. The second-order valence-electron chi connectivity index (χ2n) is 6.23. The van der Waals surface area contributed by atoms with E-state index in [2.05, 4.69) is 29.0 Å². The molecule has 164 valence electrons. The van der Waals surface area contributed by atoms with E-state index in [-0.39, 0.29) is 0 Å². The number of methoxy groups -OCH3 is 1. The van der Waals surface area contributed by atoms with Crippen LogP contribution in [0.25, 0.3) is 0 Å². The first-order chi connectivity index (χ1) is 15.1. The van der Waals surface area contributed by atoms with Gasteiger partial charge in [-0.15, -0.1) is 13.2 Å². The van der Waals surface area contributed by atoms with Crippen molar-refractivity contribution in [2.45, 2.75) is 6.42 Å². The SMILES string of the molecule is C=CCNC(=S)N/N=C/c1cc(Cl)ccc1OCCOc1ccc(CC=C)cc1OC. The third-order valence-corrected chi connectivity index (χ3v) is 4.43. The Kier molecular flexibility index (Phi) is 10.4. The van der Waals surface area contributed by atoms with Gasteiger partial charge < -0.3 is 19.5 Å². The van der Waals surface area contributed by atoms with E-state index in [1.165, 1.54) is 0 Å². The van der Waals surface area contributed by atoms with Crippen LogP contribution in [0.1, 0.15) is 11.1 Å². The fourth-order valence-corrected chi connectivity index (χ4v) is 2.86. The summed E-state index contributed by atoms with van der Waals surface area (Å²) in [6, 6.07) is 11.1. The average molecular weight is 460 g/mol. The summed E-state index contributed by atoms with van der Waals surface area (Å²) in [5.41, 5.74) is 4.54. The van der Waals surface area contributed by atoms with Gasteiger partial charge in [0.15, 0.2) is 16.6 Å². The van der Waals surface area contributed by atoms with Gasteiger partial charge in [0.2, 0.25) is 0 Å². The molecule has 0 radical (unpaired) electrons. The summed E-state index contributed by atoms with van der Waals surface area (Å²) < 4.78 is 17.1. The van der Waals surface area contributed by atoms with E-state index in [1.54, 1.807) is 37.6 Å². The minimum absolute atomic E-state index is 0.326. The van der Waals surface area contributed by atoms with Gasteiger partial charge in [0, 0.05) is 17.1 Å². The van der Waals surface area contributed by atoms with Crippen LogP contribution in [0.3, 0.4) is 0 Å². The molecule has 2 N–H and O–H groups in total. The van der Waals surface area contributed by atoms with Crippen molar-refractivity contribution in [3.8, 4) is 17.2 Å². The first-order valence-corrected chi connectivity index (χ1v) is 10.4. The molecule has 0 heterocycles. The third-order valence-electron chi connectivity index (χ3n) is 3.96.